The van der Waals surface area contributed by atoms with Gasteiger partial charge in [-0.1, -0.05) is 64.1 Å². The van der Waals surface area contributed by atoms with Gasteiger partial charge in [-0.05, 0) is 11.5 Å². The maximum Gasteiger partial charge on any atom is 0.0408 e. The van der Waals surface area contributed by atoms with Crippen molar-refractivity contribution in [2.75, 3.05) is 6.54 Å². The van der Waals surface area contributed by atoms with Crippen molar-refractivity contribution in [1.29, 1.82) is 0 Å². The molecule has 0 heterocycles. The van der Waals surface area contributed by atoms with E-state index >= 15 is 0 Å². The van der Waals surface area contributed by atoms with Gasteiger partial charge in [0.1, 0.15) is 0 Å². The fraction of sp³-hybridized carbons (Fsp3) is 0.471. The number of allylic oxidation sites excluding steroid dienone is 1. The molecule has 1 rings (SSSR count). The lowest BCUT2D eigenvalue weighted by Gasteiger charge is -2.29. The van der Waals surface area contributed by atoms with Crippen molar-refractivity contribution >= 4 is 6.21 Å². The maximum absolute atomic E-state index is 4.56. The van der Waals surface area contributed by atoms with Crippen molar-refractivity contribution in [2.24, 2.45) is 16.3 Å². The Morgan fingerprint density at radius 2 is 1.83 bits per heavy atom. The molecule has 0 amide bonds. The van der Waals surface area contributed by atoms with Crippen molar-refractivity contribution in [1.82, 2.24) is 0 Å². The monoisotopic (exact) mass is 243 g/mol. The third-order valence-corrected chi connectivity index (χ3v) is 3.09. The van der Waals surface area contributed by atoms with Crippen LogP contribution < -0.4 is 0 Å². The molecule has 0 aromatic heterocycles. The smallest absolute Gasteiger partial charge is 0.0408 e. The highest BCUT2D eigenvalue weighted by atomic mass is 14.7. The van der Waals surface area contributed by atoms with E-state index in [-0.39, 0.29) is 5.41 Å². The highest BCUT2D eigenvalue weighted by Crippen LogP contribution is 2.34. The van der Waals surface area contributed by atoms with Gasteiger partial charge in [0, 0.05) is 24.1 Å². The highest BCUT2D eigenvalue weighted by Gasteiger charge is 2.26. The summed E-state index contributed by atoms with van der Waals surface area (Å²) >= 11 is 0. The molecule has 1 unspecified atom stereocenters. The van der Waals surface area contributed by atoms with E-state index in [1.165, 1.54) is 5.56 Å². The SMILES string of the molecule is C=CC(c1ccccc1)C(C)(C)C=NCC(C)C. The van der Waals surface area contributed by atoms with Crippen LogP contribution in [-0.2, 0) is 0 Å². The third kappa shape index (κ3) is 4.14. The lowest BCUT2D eigenvalue weighted by Crippen LogP contribution is -2.22. The third-order valence-electron chi connectivity index (χ3n) is 3.09. The molecule has 0 aliphatic carbocycles. The summed E-state index contributed by atoms with van der Waals surface area (Å²) in [7, 11) is 0. The summed E-state index contributed by atoms with van der Waals surface area (Å²) in [6.07, 6.45) is 4.11. The second-order valence-corrected chi connectivity index (χ2v) is 5.83. The number of rotatable bonds is 6. The summed E-state index contributed by atoms with van der Waals surface area (Å²) in [6, 6.07) is 10.5. The molecule has 1 nitrogen and oxygen atoms in total. The summed E-state index contributed by atoms with van der Waals surface area (Å²) in [5.74, 6) is 0.908. The van der Waals surface area contributed by atoms with E-state index in [9.17, 15) is 0 Å². The van der Waals surface area contributed by atoms with E-state index in [0.29, 0.717) is 11.8 Å². The molecule has 0 N–H and O–H groups in total. The summed E-state index contributed by atoms with van der Waals surface area (Å²) in [5.41, 5.74) is 1.30. The fourth-order valence-corrected chi connectivity index (χ4v) is 2.11. The van der Waals surface area contributed by atoms with E-state index in [0.717, 1.165) is 6.54 Å². The van der Waals surface area contributed by atoms with Crippen molar-refractivity contribution in [3.63, 3.8) is 0 Å². The Balaban J connectivity index is 2.87. The molecule has 0 saturated heterocycles. The first-order chi connectivity index (χ1) is 8.47. The second kappa shape index (κ2) is 6.53. The molecule has 1 aromatic rings. The molecule has 1 heteroatoms. The molecule has 0 radical (unpaired) electrons. The number of hydrogen-bond acceptors (Lipinski definition) is 1. The molecule has 98 valence electrons. The first-order valence-corrected chi connectivity index (χ1v) is 6.66. The predicted octanol–water partition coefficient (Wildman–Crippen LogP) is 4.71. The average Bonchev–Trinajstić information content (AvgIpc) is 2.30. The van der Waals surface area contributed by atoms with Gasteiger partial charge in [-0.3, -0.25) is 4.99 Å². The van der Waals surface area contributed by atoms with Gasteiger partial charge in [-0.15, -0.1) is 6.58 Å². The van der Waals surface area contributed by atoms with Gasteiger partial charge in [-0.2, -0.15) is 0 Å². The number of aliphatic imine (C=N–C) groups is 1. The Morgan fingerprint density at radius 1 is 1.22 bits per heavy atom. The van der Waals surface area contributed by atoms with Crippen LogP contribution >= 0.6 is 0 Å². The van der Waals surface area contributed by atoms with Gasteiger partial charge < -0.3 is 0 Å². The van der Waals surface area contributed by atoms with Crippen molar-refractivity contribution < 1.29 is 0 Å². The number of hydrogen-bond donors (Lipinski definition) is 0. The van der Waals surface area contributed by atoms with E-state index in [1.807, 2.05) is 12.1 Å². The zero-order valence-electron chi connectivity index (χ0n) is 12.1. The van der Waals surface area contributed by atoms with E-state index in [4.69, 9.17) is 0 Å². The van der Waals surface area contributed by atoms with Crippen LogP contribution in [0.1, 0.15) is 39.2 Å². The van der Waals surface area contributed by atoms with Gasteiger partial charge in [-0.25, -0.2) is 0 Å². The minimum atomic E-state index is -0.00199. The van der Waals surface area contributed by atoms with Gasteiger partial charge in [0.05, 0.1) is 0 Å². The molecule has 0 spiro atoms. The Labute approximate surface area is 112 Å². The Hall–Kier alpha value is -1.37. The fourth-order valence-electron chi connectivity index (χ4n) is 2.11. The Kier molecular flexibility index (Phi) is 5.33. The van der Waals surface area contributed by atoms with Gasteiger partial charge >= 0.3 is 0 Å². The quantitative estimate of drug-likeness (QED) is 0.507. The zero-order valence-corrected chi connectivity index (χ0v) is 12.1. The molecule has 0 saturated carbocycles. The highest BCUT2D eigenvalue weighted by molar-refractivity contribution is 5.67. The summed E-state index contributed by atoms with van der Waals surface area (Å²) < 4.78 is 0. The molecule has 1 atom stereocenters. The number of nitrogens with zero attached hydrogens (tertiary/aromatic N) is 1. The zero-order chi connectivity index (χ0) is 13.6. The van der Waals surface area contributed by atoms with E-state index in [1.54, 1.807) is 0 Å². The summed E-state index contributed by atoms with van der Waals surface area (Å²) in [6.45, 7) is 13.7. The first-order valence-electron chi connectivity index (χ1n) is 6.66. The summed E-state index contributed by atoms with van der Waals surface area (Å²) in [4.78, 5) is 4.56. The molecule has 1 aromatic carbocycles. The molecule has 0 aliphatic rings. The average molecular weight is 243 g/mol. The maximum atomic E-state index is 4.56. The van der Waals surface area contributed by atoms with E-state index < -0.39 is 0 Å². The number of benzene rings is 1. The van der Waals surface area contributed by atoms with Crippen LogP contribution in [0.25, 0.3) is 0 Å². The molecule has 0 bridgehead atoms. The molecule has 18 heavy (non-hydrogen) atoms. The van der Waals surface area contributed by atoms with Crippen molar-refractivity contribution in [3.05, 3.63) is 48.6 Å². The minimum absolute atomic E-state index is 0.00199. The van der Waals surface area contributed by atoms with Crippen molar-refractivity contribution in [2.45, 2.75) is 33.6 Å². The minimum Gasteiger partial charge on any atom is -0.297 e. The lowest BCUT2D eigenvalue weighted by molar-refractivity contribution is 0.474. The summed E-state index contributed by atoms with van der Waals surface area (Å²) in [5, 5.41) is 0. The first kappa shape index (κ1) is 14.7. The van der Waals surface area contributed by atoms with Gasteiger partial charge in [0.15, 0.2) is 0 Å². The second-order valence-electron chi connectivity index (χ2n) is 5.83. The largest absolute Gasteiger partial charge is 0.297 e. The lowest BCUT2D eigenvalue weighted by atomic mass is 9.76. The topological polar surface area (TPSA) is 12.4 Å². The predicted molar refractivity (Wildman–Crippen MR) is 81.4 cm³/mol. The molecule has 0 aliphatic heterocycles. The van der Waals surface area contributed by atoms with Crippen LogP contribution in [0.2, 0.25) is 0 Å². The van der Waals surface area contributed by atoms with Crippen LogP contribution in [0.5, 0.6) is 0 Å². The van der Waals surface area contributed by atoms with Crippen molar-refractivity contribution in [3.8, 4) is 0 Å². The van der Waals surface area contributed by atoms with Crippen LogP contribution in [0.3, 0.4) is 0 Å². The molecular formula is C17H25N. The standard InChI is InChI=1S/C17H25N/c1-6-16(15-10-8-7-9-11-15)17(4,5)13-18-12-14(2)3/h6-11,13-14,16H,1,12H2,2-5H3. The van der Waals surface area contributed by atoms with Crippen LogP contribution in [-0.4, -0.2) is 12.8 Å². The normalized spacial score (nSPS) is 14.1. The van der Waals surface area contributed by atoms with Gasteiger partial charge in [0.25, 0.3) is 0 Å². The van der Waals surface area contributed by atoms with Crippen LogP contribution in [0.4, 0.5) is 0 Å². The molecule has 0 fully saturated rings. The van der Waals surface area contributed by atoms with E-state index in [2.05, 4.69) is 69.7 Å². The van der Waals surface area contributed by atoms with Crippen LogP contribution in [0.15, 0.2) is 48.0 Å². The Morgan fingerprint density at radius 3 is 2.33 bits per heavy atom. The Bertz CT molecular complexity index is 387. The van der Waals surface area contributed by atoms with Crippen LogP contribution in [0, 0.1) is 11.3 Å². The molecular weight excluding hydrogens is 218 g/mol. The van der Waals surface area contributed by atoms with Gasteiger partial charge in [0.2, 0.25) is 0 Å².